The minimum absolute atomic E-state index is 0.911. The van der Waals surface area contributed by atoms with Gasteiger partial charge in [-0.15, -0.1) is 0 Å². The average molecular weight is 701 g/mol. The van der Waals surface area contributed by atoms with Crippen LogP contribution in [-0.2, 0) is 0 Å². The Bertz CT molecular complexity index is 3480. The molecule has 12 aromatic rings. The van der Waals surface area contributed by atoms with Crippen LogP contribution in [0, 0.1) is 0 Å². The molecular formula is C52H32N2O. The number of hydrogen-bond acceptors (Lipinski definition) is 1. The van der Waals surface area contributed by atoms with Crippen molar-refractivity contribution in [3.8, 4) is 33.6 Å². The van der Waals surface area contributed by atoms with Crippen LogP contribution in [0.5, 0.6) is 0 Å². The summed E-state index contributed by atoms with van der Waals surface area (Å²) in [6, 6.07) is 70.3. The van der Waals surface area contributed by atoms with E-state index in [1.807, 2.05) is 6.07 Å². The second-order valence-electron chi connectivity index (χ2n) is 14.5. The first kappa shape index (κ1) is 30.1. The molecule has 0 aliphatic heterocycles. The van der Waals surface area contributed by atoms with Gasteiger partial charge in [-0.2, -0.15) is 0 Å². The number of rotatable bonds is 4. The largest absolute Gasteiger partial charge is 0.455 e. The minimum Gasteiger partial charge on any atom is -0.455 e. The van der Waals surface area contributed by atoms with E-state index >= 15 is 0 Å². The number of hydrogen-bond donors (Lipinski definition) is 0. The lowest BCUT2D eigenvalue weighted by Crippen LogP contribution is -1.95. The Hall–Kier alpha value is -7.36. The Morgan fingerprint density at radius 2 is 0.873 bits per heavy atom. The number of nitrogens with zero attached hydrogens (tertiary/aromatic N) is 2. The standard InChI is InChI=1S/C52H32N2O/c1-2-14-37(15-3-1)53-48-27-24-35(31-44(48)45-32-36(26-29-49(45)53)39-19-11-20-42-41-18-7-9-23-51(41)55-52(39)42)34-25-28-50-43(30-34)40-17-6-8-21-47(40)54(50)46-22-10-13-33-12-4-5-16-38(33)46/h1-32H. The second-order valence-corrected chi connectivity index (χ2v) is 14.5. The fourth-order valence-electron chi connectivity index (χ4n) is 9.02. The molecule has 0 N–H and O–H groups in total. The third-order valence-corrected chi connectivity index (χ3v) is 11.5. The molecule has 0 radical (unpaired) electrons. The predicted molar refractivity (Wildman–Crippen MR) is 231 cm³/mol. The molecule has 0 unspecified atom stereocenters. The Morgan fingerprint density at radius 1 is 0.327 bits per heavy atom. The number of fused-ring (bicyclic) bond motifs is 10. The fourth-order valence-corrected chi connectivity index (χ4v) is 9.02. The van der Waals surface area contributed by atoms with Crippen LogP contribution in [0.1, 0.15) is 0 Å². The van der Waals surface area contributed by atoms with Crippen molar-refractivity contribution in [1.29, 1.82) is 0 Å². The van der Waals surface area contributed by atoms with Crippen molar-refractivity contribution < 1.29 is 4.42 Å². The van der Waals surface area contributed by atoms with Crippen LogP contribution in [-0.4, -0.2) is 9.13 Å². The molecular weight excluding hydrogens is 669 g/mol. The van der Waals surface area contributed by atoms with Crippen molar-refractivity contribution in [2.24, 2.45) is 0 Å². The molecule has 3 aromatic heterocycles. The van der Waals surface area contributed by atoms with E-state index < -0.39 is 0 Å². The average Bonchev–Trinajstić information content (AvgIpc) is 3.91. The smallest absolute Gasteiger partial charge is 0.143 e. The topological polar surface area (TPSA) is 23.0 Å². The van der Waals surface area contributed by atoms with Gasteiger partial charge in [-0.05, 0) is 88.8 Å². The van der Waals surface area contributed by atoms with Gasteiger partial charge in [0.1, 0.15) is 11.2 Å². The van der Waals surface area contributed by atoms with Crippen LogP contribution in [0.3, 0.4) is 0 Å². The van der Waals surface area contributed by atoms with E-state index in [2.05, 4.69) is 197 Å². The lowest BCUT2D eigenvalue weighted by molar-refractivity contribution is 0.670. The molecule has 0 saturated heterocycles. The highest BCUT2D eigenvalue weighted by Gasteiger charge is 2.19. The van der Waals surface area contributed by atoms with E-state index in [-0.39, 0.29) is 0 Å². The zero-order valence-electron chi connectivity index (χ0n) is 29.8. The molecule has 9 aromatic carbocycles. The van der Waals surface area contributed by atoms with Crippen LogP contribution in [0.25, 0.3) is 110 Å². The number of furan rings is 1. The van der Waals surface area contributed by atoms with Crippen molar-refractivity contribution in [1.82, 2.24) is 9.13 Å². The molecule has 0 bridgehead atoms. The van der Waals surface area contributed by atoms with Gasteiger partial charge in [0, 0.05) is 49.0 Å². The van der Waals surface area contributed by atoms with Gasteiger partial charge in [0.05, 0.1) is 27.8 Å². The number of para-hydroxylation sites is 4. The van der Waals surface area contributed by atoms with Gasteiger partial charge >= 0.3 is 0 Å². The Morgan fingerprint density at radius 3 is 1.67 bits per heavy atom. The molecule has 12 rings (SSSR count). The predicted octanol–water partition coefficient (Wildman–Crippen LogP) is 14.3. The molecule has 256 valence electrons. The van der Waals surface area contributed by atoms with Crippen LogP contribution < -0.4 is 0 Å². The monoisotopic (exact) mass is 700 g/mol. The van der Waals surface area contributed by atoms with Crippen molar-refractivity contribution in [2.75, 3.05) is 0 Å². The van der Waals surface area contributed by atoms with E-state index in [0.29, 0.717) is 0 Å². The number of benzene rings is 9. The molecule has 0 aliphatic carbocycles. The van der Waals surface area contributed by atoms with Gasteiger partial charge in [0.15, 0.2) is 0 Å². The summed E-state index contributed by atoms with van der Waals surface area (Å²) in [4.78, 5) is 0. The van der Waals surface area contributed by atoms with Crippen LogP contribution >= 0.6 is 0 Å². The molecule has 0 saturated carbocycles. The third-order valence-electron chi connectivity index (χ3n) is 11.5. The summed E-state index contributed by atoms with van der Waals surface area (Å²) in [6.07, 6.45) is 0. The van der Waals surface area contributed by atoms with Crippen molar-refractivity contribution in [2.45, 2.75) is 0 Å². The quantitative estimate of drug-likeness (QED) is 0.179. The van der Waals surface area contributed by atoms with E-state index in [1.165, 1.54) is 71.2 Å². The molecule has 0 aliphatic rings. The second kappa shape index (κ2) is 11.6. The summed E-state index contributed by atoms with van der Waals surface area (Å²) < 4.78 is 11.3. The molecule has 3 heteroatoms. The minimum atomic E-state index is 0.911. The van der Waals surface area contributed by atoms with Gasteiger partial charge in [-0.3, -0.25) is 0 Å². The summed E-state index contributed by atoms with van der Waals surface area (Å²) in [6.45, 7) is 0. The van der Waals surface area contributed by atoms with Gasteiger partial charge in [-0.1, -0.05) is 127 Å². The lowest BCUT2D eigenvalue weighted by atomic mass is 9.98. The van der Waals surface area contributed by atoms with Crippen LogP contribution in [0.15, 0.2) is 199 Å². The maximum atomic E-state index is 6.50. The van der Waals surface area contributed by atoms with Gasteiger partial charge in [-0.25, -0.2) is 0 Å². The summed E-state index contributed by atoms with van der Waals surface area (Å²) in [5, 5.41) is 9.68. The highest BCUT2D eigenvalue weighted by molar-refractivity contribution is 6.15. The van der Waals surface area contributed by atoms with E-state index in [1.54, 1.807) is 0 Å². The maximum Gasteiger partial charge on any atom is 0.143 e. The van der Waals surface area contributed by atoms with E-state index in [9.17, 15) is 0 Å². The van der Waals surface area contributed by atoms with Gasteiger partial charge < -0.3 is 13.6 Å². The maximum absolute atomic E-state index is 6.50. The third kappa shape index (κ3) is 4.44. The van der Waals surface area contributed by atoms with Crippen LogP contribution in [0.2, 0.25) is 0 Å². The molecule has 0 spiro atoms. The molecule has 55 heavy (non-hydrogen) atoms. The summed E-state index contributed by atoms with van der Waals surface area (Å²) in [7, 11) is 0. The molecule has 0 atom stereocenters. The van der Waals surface area contributed by atoms with E-state index in [0.717, 1.165) is 38.8 Å². The first-order valence-electron chi connectivity index (χ1n) is 18.8. The normalized spacial score (nSPS) is 12.0. The molecule has 3 heterocycles. The van der Waals surface area contributed by atoms with Gasteiger partial charge in [0.2, 0.25) is 0 Å². The van der Waals surface area contributed by atoms with Crippen molar-refractivity contribution in [3.63, 3.8) is 0 Å². The number of aromatic nitrogens is 2. The van der Waals surface area contributed by atoms with E-state index in [4.69, 9.17) is 4.42 Å². The Kier molecular flexibility index (Phi) is 6.34. The summed E-state index contributed by atoms with van der Waals surface area (Å²) in [5.74, 6) is 0. The Labute approximate surface area is 316 Å². The lowest BCUT2D eigenvalue weighted by Gasteiger charge is -2.12. The first-order valence-corrected chi connectivity index (χ1v) is 18.8. The molecule has 0 fully saturated rings. The van der Waals surface area contributed by atoms with Crippen molar-refractivity contribution in [3.05, 3.63) is 194 Å². The molecule has 3 nitrogen and oxygen atoms in total. The first-order chi connectivity index (χ1) is 27.3. The summed E-state index contributed by atoms with van der Waals surface area (Å²) >= 11 is 0. The van der Waals surface area contributed by atoms with Crippen LogP contribution in [0.4, 0.5) is 0 Å². The summed E-state index contributed by atoms with van der Waals surface area (Å²) in [5.41, 5.74) is 13.5. The highest BCUT2D eigenvalue weighted by atomic mass is 16.3. The van der Waals surface area contributed by atoms with Gasteiger partial charge in [0.25, 0.3) is 0 Å². The Balaban J connectivity index is 1.08. The fraction of sp³-hybridized carbons (Fsp3) is 0. The SMILES string of the molecule is c1ccc(-n2c3ccc(-c4ccc5c(c4)c4ccccc4n5-c4cccc5ccccc45)cc3c3cc(-c4cccc5c4oc4ccccc45)ccc32)cc1. The zero-order chi connectivity index (χ0) is 36.0. The molecule has 0 amide bonds. The van der Waals surface area contributed by atoms with Crippen molar-refractivity contribution >= 4 is 76.3 Å². The highest BCUT2D eigenvalue weighted by Crippen LogP contribution is 2.42. The zero-order valence-corrected chi connectivity index (χ0v) is 29.8.